The second-order valence-corrected chi connectivity index (χ2v) is 4.72. The van der Waals surface area contributed by atoms with E-state index in [2.05, 4.69) is 0 Å². The zero-order chi connectivity index (χ0) is 14.1. The van der Waals surface area contributed by atoms with E-state index in [9.17, 15) is 4.79 Å². The Labute approximate surface area is 109 Å². The summed E-state index contributed by atoms with van der Waals surface area (Å²) in [6.45, 7) is 5.49. The smallest absolute Gasteiger partial charge is 0.166 e. The quantitative estimate of drug-likeness (QED) is 0.453. The second-order valence-electron chi connectivity index (χ2n) is 4.72. The third kappa shape index (κ3) is 8.17. The van der Waals surface area contributed by atoms with Gasteiger partial charge in [-0.1, -0.05) is 30.7 Å². The maximum Gasteiger partial charge on any atom is 0.166 e. The molecule has 0 spiro atoms. The first-order valence-electron chi connectivity index (χ1n) is 6.31. The highest BCUT2D eigenvalue weighted by atomic mass is 16.5. The molecule has 0 aromatic heterocycles. The number of carbonyl (C=O) groups is 1. The summed E-state index contributed by atoms with van der Waals surface area (Å²) < 4.78 is 0. The van der Waals surface area contributed by atoms with Gasteiger partial charge in [-0.25, -0.2) is 0 Å². The summed E-state index contributed by atoms with van der Waals surface area (Å²) in [5, 5.41) is 17.8. The van der Waals surface area contributed by atoms with Gasteiger partial charge >= 0.3 is 0 Å². The maximum absolute atomic E-state index is 10.9. The van der Waals surface area contributed by atoms with Gasteiger partial charge in [-0.05, 0) is 32.6 Å². The lowest BCUT2D eigenvalue weighted by molar-refractivity contribution is -0.116. The highest BCUT2D eigenvalue weighted by Crippen LogP contribution is 2.13. The highest BCUT2D eigenvalue weighted by molar-refractivity contribution is 5.75. The number of Topliss-reactive ketones (excluding diaryl/α,β-unsaturated/α-hetero) is 1. The summed E-state index contributed by atoms with van der Waals surface area (Å²) in [6, 6.07) is -0.629. The topological polar surface area (TPSA) is 83.6 Å². The van der Waals surface area contributed by atoms with Gasteiger partial charge in [0.1, 0.15) is 5.78 Å². The minimum atomic E-state index is -1.47. The molecule has 0 aliphatic heterocycles. The zero-order valence-corrected chi connectivity index (χ0v) is 11.5. The van der Waals surface area contributed by atoms with Crippen molar-refractivity contribution in [2.75, 3.05) is 0 Å². The summed E-state index contributed by atoms with van der Waals surface area (Å²) in [6.07, 6.45) is 6.27. The van der Waals surface area contributed by atoms with E-state index in [1.165, 1.54) is 0 Å². The molecule has 0 heterocycles. The molecule has 0 fully saturated rings. The molecule has 0 rings (SSSR count). The van der Waals surface area contributed by atoms with E-state index >= 15 is 0 Å². The Morgan fingerprint density at radius 3 is 2.39 bits per heavy atom. The molecule has 0 aromatic rings. The van der Waals surface area contributed by atoms with Crippen LogP contribution in [0.25, 0.3) is 0 Å². The molecule has 0 saturated heterocycles. The number of ketones is 1. The van der Waals surface area contributed by atoms with Crippen LogP contribution in [0.15, 0.2) is 23.8 Å². The molecule has 0 aromatic carbocycles. The van der Waals surface area contributed by atoms with Crippen molar-refractivity contribution in [2.45, 2.75) is 52.4 Å². The van der Waals surface area contributed by atoms with Gasteiger partial charge in [0.25, 0.3) is 0 Å². The van der Waals surface area contributed by atoms with Crippen molar-refractivity contribution in [3.63, 3.8) is 0 Å². The van der Waals surface area contributed by atoms with Gasteiger partial charge < -0.3 is 20.7 Å². The van der Waals surface area contributed by atoms with Crippen LogP contribution in [-0.2, 0) is 4.79 Å². The first-order valence-corrected chi connectivity index (χ1v) is 6.31. The summed E-state index contributed by atoms with van der Waals surface area (Å²) in [7, 11) is 0. The van der Waals surface area contributed by atoms with Crippen molar-refractivity contribution in [1.29, 1.82) is 0 Å². The van der Waals surface area contributed by atoms with E-state index in [-0.39, 0.29) is 11.7 Å². The molecule has 18 heavy (non-hydrogen) atoms. The number of aliphatic hydroxyl groups excluding tert-OH is 1. The summed E-state index contributed by atoms with van der Waals surface area (Å²) in [5.41, 5.74) is 6.67. The van der Waals surface area contributed by atoms with E-state index in [0.29, 0.717) is 12.8 Å². The monoisotopic (exact) mass is 255 g/mol. The minimum absolute atomic E-state index is 0.161. The Bertz CT molecular complexity index is 308. The number of allylic oxidation sites excluding steroid dienone is 4. The lowest BCUT2D eigenvalue weighted by atomic mass is 9.99. The van der Waals surface area contributed by atoms with E-state index in [4.69, 9.17) is 15.9 Å². The fourth-order valence-corrected chi connectivity index (χ4v) is 1.56. The molecule has 4 N–H and O–H groups in total. The third-order valence-corrected chi connectivity index (χ3v) is 2.80. The van der Waals surface area contributed by atoms with Crippen LogP contribution in [0.5, 0.6) is 0 Å². The number of hydrogen-bond donors (Lipinski definition) is 3. The first-order chi connectivity index (χ1) is 8.36. The lowest BCUT2D eigenvalue weighted by Gasteiger charge is -2.16. The van der Waals surface area contributed by atoms with E-state index in [1.807, 2.05) is 32.1 Å². The molecule has 0 aliphatic rings. The van der Waals surface area contributed by atoms with Crippen molar-refractivity contribution in [2.24, 2.45) is 11.7 Å². The van der Waals surface area contributed by atoms with Crippen LogP contribution in [0.3, 0.4) is 0 Å². The van der Waals surface area contributed by atoms with E-state index < -0.39 is 12.3 Å². The summed E-state index contributed by atoms with van der Waals surface area (Å²) >= 11 is 0. The van der Waals surface area contributed by atoms with E-state index in [0.717, 1.165) is 12.0 Å². The van der Waals surface area contributed by atoms with Crippen molar-refractivity contribution >= 4 is 5.78 Å². The summed E-state index contributed by atoms with van der Waals surface area (Å²) in [5.74, 6) is 0.343. The molecule has 4 heteroatoms. The number of aliphatic hydroxyl groups is 2. The Kier molecular flexibility index (Phi) is 8.54. The van der Waals surface area contributed by atoms with Crippen molar-refractivity contribution in [1.82, 2.24) is 0 Å². The summed E-state index contributed by atoms with van der Waals surface area (Å²) in [4.78, 5) is 10.9. The third-order valence-electron chi connectivity index (χ3n) is 2.80. The number of carbonyl (C=O) groups excluding carboxylic acids is 1. The van der Waals surface area contributed by atoms with Crippen LogP contribution in [-0.4, -0.2) is 28.3 Å². The van der Waals surface area contributed by atoms with Gasteiger partial charge in [0.2, 0.25) is 0 Å². The van der Waals surface area contributed by atoms with Crippen LogP contribution in [0, 0.1) is 5.92 Å². The predicted molar refractivity (Wildman–Crippen MR) is 72.8 cm³/mol. The SMILES string of the molecule is C/C=C(\C=C/C(C)CC(N)C(O)O)CCC(C)=O. The van der Waals surface area contributed by atoms with Crippen molar-refractivity contribution < 1.29 is 15.0 Å². The highest BCUT2D eigenvalue weighted by Gasteiger charge is 2.13. The van der Waals surface area contributed by atoms with E-state index in [1.54, 1.807) is 6.92 Å². The average molecular weight is 255 g/mol. The first kappa shape index (κ1) is 17.0. The minimum Gasteiger partial charge on any atom is -0.367 e. The number of nitrogens with two attached hydrogens (primary N) is 1. The molecular formula is C14H25NO3. The van der Waals surface area contributed by atoms with Gasteiger partial charge in [0, 0.05) is 6.42 Å². The molecular weight excluding hydrogens is 230 g/mol. The van der Waals surface area contributed by atoms with Gasteiger partial charge in [-0.2, -0.15) is 0 Å². The molecule has 0 radical (unpaired) electrons. The Morgan fingerprint density at radius 2 is 1.94 bits per heavy atom. The molecule has 4 nitrogen and oxygen atoms in total. The van der Waals surface area contributed by atoms with Crippen LogP contribution in [0.4, 0.5) is 0 Å². The fraction of sp³-hybridized carbons (Fsp3) is 0.643. The average Bonchev–Trinajstić information content (AvgIpc) is 2.28. The Morgan fingerprint density at radius 1 is 1.33 bits per heavy atom. The normalized spacial score (nSPS) is 16.3. The largest absolute Gasteiger partial charge is 0.367 e. The molecule has 0 amide bonds. The molecule has 0 bridgehead atoms. The second kappa shape index (κ2) is 9.03. The molecule has 2 atom stereocenters. The fourth-order valence-electron chi connectivity index (χ4n) is 1.56. The molecule has 0 aliphatic carbocycles. The van der Waals surface area contributed by atoms with Crippen LogP contribution in [0.1, 0.15) is 40.0 Å². The van der Waals surface area contributed by atoms with Gasteiger partial charge in [0.05, 0.1) is 6.04 Å². The Hall–Kier alpha value is -0.970. The number of rotatable bonds is 8. The molecule has 0 saturated carbocycles. The zero-order valence-electron chi connectivity index (χ0n) is 11.5. The lowest BCUT2D eigenvalue weighted by Crippen LogP contribution is -2.35. The van der Waals surface area contributed by atoms with Crippen LogP contribution < -0.4 is 5.73 Å². The molecule has 2 unspecified atom stereocenters. The van der Waals surface area contributed by atoms with Gasteiger partial charge in [-0.15, -0.1) is 0 Å². The predicted octanol–water partition coefficient (Wildman–Crippen LogP) is 1.52. The maximum atomic E-state index is 10.9. The van der Waals surface area contributed by atoms with Crippen LogP contribution >= 0.6 is 0 Å². The van der Waals surface area contributed by atoms with Crippen LogP contribution in [0.2, 0.25) is 0 Å². The standard InChI is InChI=1S/C14H25NO3/c1-4-12(8-6-11(3)16)7-5-10(2)9-13(15)14(17)18/h4-5,7,10,13-14,17-18H,6,8-9,15H2,1-3H3/b7-5-,12-4+. The van der Waals surface area contributed by atoms with Gasteiger partial charge in [0.15, 0.2) is 6.29 Å². The number of hydrogen-bond acceptors (Lipinski definition) is 4. The van der Waals surface area contributed by atoms with Gasteiger partial charge in [-0.3, -0.25) is 0 Å². The Balaban J connectivity index is 4.21. The van der Waals surface area contributed by atoms with Crippen molar-refractivity contribution in [3.05, 3.63) is 23.8 Å². The molecule has 104 valence electrons. The van der Waals surface area contributed by atoms with Crippen molar-refractivity contribution in [3.8, 4) is 0 Å².